The third kappa shape index (κ3) is 5.15. The molecule has 0 unspecified atom stereocenters. The molecule has 6 nitrogen and oxygen atoms in total. The van der Waals surface area contributed by atoms with E-state index in [1.54, 1.807) is 0 Å². The molecule has 1 N–H and O–H groups in total. The maximum Gasteiger partial charge on any atom is 1.00 e. The number of aryl methyl sites for hydroxylation is 1. The Balaban J connectivity index is 0.00000261. The summed E-state index contributed by atoms with van der Waals surface area (Å²) >= 11 is 0. The first-order valence-electron chi connectivity index (χ1n) is 8.10. The molecule has 3 aromatic rings. The Morgan fingerprint density at radius 1 is 1.00 bits per heavy atom. The molecule has 3 rings (SSSR count). The maximum absolute atomic E-state index is 12.2. The van der Waals surface area contributed by atoms with Gasteiger partial charge in [-0.15, -0.1) is 0 Å². The van der Waals surface area contributed by atoms with E-state index in [1.807, 2.05) is 24.3 Å². The molecule has 0 saturated carbocycles. The van der Waals surface area contributed by atoms with Crippen molar-refractivity contribution in [2.75, 3.05) is 0 Å². The van der Waals surface area contributed by atoms with Crippen molar-refractivity contribution < 1.29 is 47.6 Å². The maximum atomic E-state index is 12.2. The van der Waals surface area contributed by atoms with E-state index in [1.165, 1.54) is 35.9 Å². The van der Waals surface area contributed by atoms with Gasteiger partial charge in [0.2, 0.25) is 0 Å². The van der Waals surface area contributed by atoms with E-state index in [4.69, 9.17) is 4.55 Å². The molecule has 0 atom stereocenters. The van der Waals surface area contributed by atoms with Crippen LogP contribution in [0.1, 0.15) is 18.9 Å². The van der Waals surface area contributed by atoms with Gasteiger partial charge in [-0.1, -0.05) is 49.4 Å². The van der Waals surface area contributed by atoms with E-state index >= 15 is 0 Å². The van der Waals surface area contributed by atoms with Crippen LogP contribution >= 0.6 is 0 Å². The molecule has 3 aromatic carbocycles. The summed E-state index contributed by atoms with van der Waals surface area (Å²) in [5.74, 6) is -0.316. The van der Waals surface area contributed by atoms with Gasteiger partial charge in [-0.2, -0.15) is 18.6 Å². The van der Waals surface area contributed by atoms with Crippen molar-refractivity contribution >= 4 is 32.3 Å². The second kappa shape index (κ2) is 8.95. The summed E-state index contributed by atoms with van der Waals surface area (Å²) in [6.07, 6.45) is 2.05. The normalized spacial score (nSPS) is 11.6. The Labute approximate surface area is 180 Å². The summed E-state index contributed by atoms with van der Waals surface area (Å²) < 4.78 is 31.7. The first-order chi connectivity index (χ1) is 12.4. The fourth-order valence-electron chi connectivity index (χ4n) is 2.66. The van der Waals surface area contributed by atoms with Crippen molar-refractivity contribution in [3.63, 3.8) is 0 Å². The van der Waals surface area contributed by atoms with Crippen LogP contribution in [-0.4, -0.2) is 13.0 Å². The smallest absolute Gasteiger partial charge is 0.871 e. The zero-order valence-electron chi connectivity index (χ0n) is 15.1. The Bertz CT molecular complexity index is 1080. The molecule has 0 aliphatic carbocycles. The largest absolute Gasteiger partial charge is 1.00 e. The average Bonchev–Trinajstić information content (AvgIpc) is 2.61. The number of fused-ring (bicyclic) bond motifs is 1. The van der Waals surface area contributed by atoms with Crippen molar-refractivity contribution in [1.82, 2.24) is 0 Å². The van der Waals surface area contributed by atoms with Crippen LogP contribution in [0.4, 0.5) is 11.4 Å². The van der Waals surface area contributed by atoms with Gasteiger partial charge in [0.25, 0.3) is 10.1 Å². The monoisotopic (exact) mass is 392 g/mol. The van der Waals surface area contributed by atoms with E-state index in [0.717, 1.165) is 12.8 Å². The predicted molar refractivity (Wildman–Crippen MR) is 97.8 cm³/mol. The van der Waals surface area contributed by atoms with Crippen molar-refractivity contribution in [3.8, 4) is 5.75 Å². The summed E-state index contributed by atoms with van der Waals surface area (Å²) in [4.78, 5) is -0.238. The Hall–Kier alpha value is -1.77. The first kappa shape index (κ1) is 21.5. The van der Waals surface area contributed by atoms with Crippen molar-refractivity contribution in [3.05, 3.63) is 60.2 Å². The number of hydrogen-bond donors (Lipinski definition) is 1. The summed E-state index contributed by atoms with van der Waals surface area (Å²) in [5.41, 5.74) is 1.96. The summed E-state index contributed by atoms with van der Waals surface area (Å²) in [6, 6.07) is 14.4. The molecule has 0 amide bonds. The van der Waals surface area contributed by atoms with Crippen LogP contribution in [-0.2, 0) is 16.5 Å². The van der Waals surface area contributed by atoms with Crippen LogP contribution in [0.3, 0.4) is 0 Å². The third-order valence-electron chi connectivity index (χ3n) is 3.96. The van der Waals surface area contributed by atoms with Crippen molar-refractivity contribution in [1.29, 1.82) is 0 Å². The summed E-state index contributed by atoms with van der Waals surface area (Å²) in [6.45, 7) is 2.11. The average molecular weight is 392 g/mol. The van der Waals surface area contributed by atoms with Gasteiger partial charge < -0.3 is 5.11 Å². The van der Waals surface area contributed by atoms with Gasteiger partial charge in [-0.05, 0) is 41.6 Å². The quantitative estimate of drug-likeness (QED) is 0.404. The molecule has 0 fully saturated rings. The number of nitrogens with zero attached hydrogens (tertiary/aromatic N) is 2. The van der Waals surface area contributed by atoms with Gasteiger partial charge >= 0.3 is 29.6 Å². The van der Waals surface area contributed by atoms with Crippen LogP contribution in [0.15, 0.2) is 69.7 Å². The van der Waals surface area contributed by atoms with Crippen molar-refractivity contribution in [2.45, 2.75) is 24.7 Å². The molecule has 0 aliphatic rings. The topological polar surface area (TPSA) is 102 Å². The van der Waals surface area contributed by atoms with Gasteiger partial charge in [0.05, 0.1) is 16.3 Å². The van der Waals surface area contributed by atoms with E-state index in [9.17, 15) is 13.5 Å². The molecule has 0 aliphatic heterocycles. The molecule has 0 heterocycles. The minimum Gasteiger partial charge on any atom is -0.871 e. The Morgan fingerprint density at radius 3 is 2.33 bits per heavy atom. The van der Waals surface area contributed by atoms with E-state index < -0.39 is 10.1 Å². The number of hydrogen-bond acceptors (Lipinski definition) is 5. The summed E-state index contributed by atoms with van der Waals surface area (Å²) in [5, 5.41) is 21.3. The molecule has 0 radical (unpaired) electrons. The van der Waals surface area contributed by atoms with Crippen LogP contribution in [0.2, 0.25) is 0 Å². The van der Waals surface area contributed by atoms with Gasteiger partial charge in [-0.25, -0.2) is 0 Å². The van der Waals surface area contributed by atoms with E-state index in [2.05, 4.69) is 17.2 Å². The molecule has 0 saturated heterocycles. The third-order valence-corrected chi connectivity index (χ3v) is 4.81. The summed E-state index contributed by atoms with van der Waals surface area (Å²) in [7, 11) is -4.31. The fraction of sp³-hybridized carbons (Fsp3) is 0.158. The second-order valence-electron chi connectivity index (χ2n) is 5.89. The zero-order chi connectivity index (χ0) is 18.7. The molecular formula is C19H17N2NaO4S. The molecule has 0 spiro atoms. The van der Waals surface area contributed by atoms with Gasteiger partial charge in [0.1, 0.15) is 0 Å². The van der Waals surface area contributed by atoms with Crippen molar-refractivity contribution in [2.24, 2.45) is 10.2 Å². The second-order valence-corrected chi connectivity index (χ2v) is 7.31. The van der Waals surface area contributed by atoms with Crippen LogP contribution < -0.4 is 34.7 Å². The minimum absolute atomic E-state index is 0. The Morgan fingerprint density at radius 2 is 1.70 bits per heavy atom. The standard InChI is InChI=1S/C19H18N2O4S.Na/c1-2-3-13-4-7-15(8-5-13)20-21-19-17-10-9-16(26(23,24)25)12-14(17)6-11-18(19)22;/h4-12,22H,2-3H2,1H3,(H,23,24,25);/q;+1/p-1. The molecule has 0 bridgehead atoms. The molecule has 27 heavy (non-hydrogen) atoms. The van der Waals surface area contributed by atoms with E-state index in [0.29, 0.717) is 16.5 Å². The Kier molecular flexibility index (Phi) is 7.13. The van der Waals surface area contributed by atoms with E-state index in [-0.39, 0.29) is 45.9 Å². The van der Waals surface area contributed by atoms with Gasteiger partial charge in [0.15, 0.2) is 0 Å². The van der Waals surface area contributed by atoms with Crippen LogP contribution in [0, 0.1) is 0 Å². The first-order valence-corrected chi connectivity index (χ1v) is 9.54. The predicted octanol–water partition coefficient (Wildman–Crippen LogP) is 1.53. The number of rotatable bonds is 5. The molecular weight excluding hydrogens is 375 g/mol. The SMILES string of the molecule is CCCc1ccc(N=Nc2c([O-])ccc3cc(S(=O)(=O)O)ccc23)cc1.[Na+]. The molecule has 134 valence electrons. The molecule has 8 heteroatoms. The molecule has 0 aromatic heterocycles. The van der Waals surface area contributed by atoms with Gasteiger partial charge in [0, 0.05) is 5.39 Å². The van der Waals surface area contributed by atoms with Crippen LogP contribution in [0.5, 0.6) is 5.75 Å². The fourth-order valence-corrected chi connectivity index (χ4v) is 3.18. The van der Waals surface area contributed by atoms with Gasteiger partial charge in [-0.3, -0.25) is 4.55 Å². The number of azo groups is 1. The zero-order valence-corrected chi connectivity index (χ0v) is 17.9. The van der Waals surface area contributed by atoms with Crippen LogP contribution in [0.25, 0.3) is 10.8 Å². The number of benzene rings is 3. The minimum atomic E-state index is -4.31.